The summed E-state index contributed by atoms with van der Waals surface area (Å²) in [5.74, 6) is -0.129. The summed E-state index contributed by atoms with van der Waals surface area (Å²) < 4.78 is 0. The number of hydrogen-bond acceptors (Lipinski definition) is 2. The van der Waals surface area contributed by atoms with Gasteiger partial charge in [-0.3, -0.25) is 4.79 Å². The second-order valence-electron chi connectivity index (χ2n) is 8.33. The summed E-state index contributed by atoms with van der Waals surface area (Å²) >= 11 is 12.5. The van der Waals surface area contributed by atoms with E-state index in [1.807, 2.05) is 12.1 Å². The number of halogens is 2. The summed E-state index contributed by atoms with van der Waals surface area (Å²) in [6.07, 6.45) is 6.99. The number of hydrogen-bond donors (Lipinski definition) is 2. The van der Waals surface area contributed by atoms with Gasteiger partial charge in [0.15, 0.2) is 0 Å². The molecule has 2 fully saturated rings. The van der Waals surface area contributed by atoms with Crippen LogP contribution in [0, 0.1) is 11.8 Å². The van der Waals surface area contributed by atoms with E-state index in [0.717, 1.165) is 18.5 Å². The molecule has 2 aliphatic rings. The molecule has 0 radical (unpaired) electrons. The largest absolute Gasteiger partial charge is 0.478 e. The van der Waals surface area contributed by atoms with E-state index < -0.39 is 5.97 Å². The number of carbonyl (C=O) groups excluding carboxylic acids is 1. The zero-order valence-electron chi connectivity index (χ0n) is 16.7. The van der Waals surface area contributed by atoms with Crippen LogP contribution in [-0.4, -0.2) is 23.5 Å². The molecule has 2 aromatic carbocycles. The van der Waals surface area contributed by atoms with Gasteiger partial charge in [0, 0.05) is 18.0 Å². The molecule has 0 spiro atoms. The first-order valence-corrected chi connectivity index (χ1v) is 11.3. The van der Waals surface area contributed by atoms with Gasteiger partial charge in [-0.25, -0.2) is 4.79 Å². The Morgan fingerprint density at radius 2 is 1.67 bits per heavy atom. The van der Waals surface area contributed by atoms with Crippen LogP contribution in [0.2, 0.25) is 10.0 Å². The van der Waals surface area contributed by atoms with Crippen molar-refractivity contribution in [1.82, 2.24) is 5.32 Å². The van der Waals surface area contributed by atoms with Crippen LogP contribution in [0.1, 0.15) is 60.4 Å². The van der Waals surface area contributed by atoms with E-state index >= 15 is 0 Å². The molecular weight excluding hydrogens is 421 g/mol. The lowest BCUT2D eigenvalue weighted by Gasteiger charge is -2.33. The van der Waals surface area contributed by atoms with Crippen LogP contribution >= 0.6 is 23.2 Å². The number of benzene rings is 2. The van der Waals surface area contributed by atoms with Crippen molar-refractivity contribution >= 4 is 35.1 Å². The van der Waals surface area contributed by atoms with Crippen LogP contribution in [0.3, 0.4) is 0 Å². The minimum absolute atomic E-state index is 0.00774. The number of aromatic carboxylic acids is 1. The van der Waals surface area contributed by atoms with Crippen LogP contribution in [0.15, 0.2) is 36.4 Å². The minimum Gasteiger partial charge on any atom is -0.478 e. The van der Waals surface area contributed by atoms with E-state index in [2.05, 4.69) is 17.4 Å². The lowest BCUT2D eigenvalue weighted by molar-refractivity contribution is -0.123. The van der Waals surface area contributed by atoms with Crippen LogP contribution in [0.25, 0.3) is 11.1 Å². The topological polar surface area (TPSA) is 66.4 Å². The van der Waals surface area contributed by atoms with Gasteiger partial charge in [-0.15, -0.1) is 0 Å². The Balaban J connectivity index is 1.66. The van der Waals surface area contributed by atoms with Crippen LogP contribution in [0.5, 0.6) is 0 Å². The van der Waals surface area contributed by atoms with Crippen molar-refractivity contribution in [2.75, 3.05) is 6.54 Å². The second kappa shape index (κ2) is 8.99. The SMILES string of the molecule is O=C(O)c1ccc(-c2ccc(C(C3CCCCC3)C3CCNC3=O)cc2)c(Cl)c1Cl. The predicted octanol–water partition coefficient (Wildman–Crippen LogP) is 6.16. The summed E-state index contributed by atoms with van der Waals surface area (Å²) in [4.78, 5) is 23.8. The molecule has 1 saturated heterocycles. The third-order valence-corrected chi connectivity index (χ3v) is 7.48. The van der Waals surface area contributed by atoms with Gasteiger partial charge >= 0.3 is 5.97 Å². The second-order valence-corrected chi connectivity index (χ2v) is 9.08. The quantitative estimate of drug-likeness (QED) is 0.578. The Kier molecular flexibility index (Phi) is 6.35. The van der Waals surface area contributed by atoms with Crippen molar-refractivity contribution in [3.8, 4) is 11.1 Å². The van der Waals surface area contributed by atoms with Crippen molar-refractivity contribution in [3.63, 3.8) is 0 Å². The number of carboxylic acid groups (broad SMARTS) is 1. The van der Waals surface area contributed by atoms with Gasteiger partial charge in [0.1, 0.15) is 0 Å². The minimum atomic E-state index is -1.10. The van der Waals surface area contributed by atoms with E-state index in [0.29, 0.717) is 11.5 Å². The smallest absolute Gasteiger partial charge is 0.337 e. The number of amides is 1. The summed E-state index contributed by atoms with van der Waals surface area (Å²) in [5, 5.41) is 12.5. The predicted molar refractivity (Wildman–Crippen MR) is 119 cm³/mol. The summed E-state index contributed by atoms with van der Waals surface area (Å²) in [5.41, 5.74) is 2.76. The third kappa shape index (κ3) is 4.08. The van der Waals surface area contributed by atoms with E-state index in [1.165, 1.54) is 43.7 Å². The van der Waals surface area contributed by atoms with Crippen molar-refractivity contribution in [1.29, 1.82) is 0 Å². The first-order chi connectivity index (χ1) is 14.5. The fraction of sp³-hybridized carbons (Fsp3) is 0.417. The average molecular weight is 446 g/mol. The molecule has 1 heterocycles. The van der Waals surface area contributed by atoms with Gasteiger partial charge in [-0.05, 0) is 48.3 Å². The zero-order valence-corrected chi connectivity index (χ0v) is 18.2. The summed E-state index contributed by atoms with van der Waals surface area (Å²) in [6, 6.07) is 11.3. The highest BCUT2D eigenvalue weighted by Crippen LogP contribution is 2.44. The van der Waals surface area contributed by atoms with Gasteiger partial charge in [0.25, 0.3) is 0 Å². The Bertz CT molecular complexity index is 952. The molecule has 2 unspecified atom stereocenters. The Labute approximate surface area is 186 Å². The van der Waals surface area contributed by atoms with Gasteiger partial charge in [0.05, 0.1) is 15.6 Å². The van der Waals surface area contributed by atoms with E-state index in [4.69, 9.17) is 23.2 Å². The summed E-state index contributed by atoms with van der Waals surface area (Å²) in [6.45, 7) is 0.759. The summed E-state index contributed by atoms with van der Waals surface area (Å²) in [7, 11) is 0. The first kappa shape index (κ1) is 21.2. The van der Waals surface area contributed by atoms with Crippen molar-refractivity contribution in [2.24, 2.45) is 11.8 Å². The van der Waals surface area contributed by atoms with Gasteiger partial charge in [-0.1, -0.05) is 72.8 Å². The normalized spacial score (nSPS) is 20.7. The van der Waals surface area contributed by atoms with Crippen LogP contribution < -0.4 is 5.32 Å². The average Bonchev–Trinajstić information content (AvgIpc) is 3.17. The Morgan fingerprint density at radius 1 is 0.967 bits per heavy atom. The Hall–Kier alpha value is -2.04. The van der Waals surface area contributed by atoms with Gasteiger partial charge < -0.3 is 10.4 Å². The molecule has 2 aromatic rings. The van der Waals surface area contributed by atoms with Crippen molar-refractivity contribution in [2.45, 2.75) is 44.4 Å². The first-order valence-electron chi connectivity index (χ1n) is 10.6. The van der Waals surface area contributed by atoms with Crippen molar-refractivity contribution in [3.05, 3.63) is 57.6 Å². The highest BCUT2D eigenvalue weighted by Gasteiger charge is 2.38. The molecule has 4 rings (SSSR count). The molecule has 0 aromatic heterocycles. The molecule has 30 heavy (non-hydrogen) atoms. The van der Waals surface area contributed by atoms with E-state index in [9.17, 15) is 14.7 Å². The van der Waals surface area contributed by atoms with E-state index in [1.54, 1.807) is 6.07 Å². The molecule has 6 heteroatoms. The fourth-order valence-corrected chi connectivity index (χ4v) is 5.62. The molecule has 2 atom stereocenters. The van der Waals surface area contributed by atoms with Crippen LogP contribution in [-0.2, 0) is 4.79 Å². The van der Waals surface area contributed by atoms with E-state index in [-0.39, 0.29) is 33.4 Å². The lowest BCUT2D eigenvalue weighted by Crippen LogP contribution is -2.29. The monoisotopic (exact) mass is 445 g/mol. The fourth-order valence-electron chi connectivity index (χ4n) is 5.10. The number of rotatable bonds is 5. The Morgan fingerprint density at radius 3 is 2.27 bits per heavy atom. The highest BCUT2D eigenvalue weighted by molar-refractivity contribution is 6.45. The number of nitrogens with one attached hydrogen (secondary N) is 1. The van der Waals surface area contributed by atoms with Gasteiger partial charge in [-0.2, -0.15) is 0 Å². The number of carbonyl (C=O) groups is 2. The van der Waals surface area contributed by atoms with Crippen LogP contribution in [0.4, 0.5) is 0 Å². The molecule has 1 aliphatic carbocycles. The maximum atomic E-state index is 12.5. The molecule has 2 N–H and O–H groups in total. The lowest BCUT2D eigenvalue weighted by atomic mass is 9.70. The maximum Gasteiger partial charge on any atom is 0.337 e. The highest BCUT2D eigenvalue weighted by atomic mass is 35.5. The molecule has 0 bridgehead atoms. The maximum absolute atomic E-state index is 12.5. The third-order valence-electron chi connectivity index (χ3n) is 6.60. The molecule has 1 saturated carbocycles. The van der Waals surface area contributed by atoms with Crippen molar-refractivity contribution < 1.29 is 14.7 Å². The van der Waals surface area contributed by atoms with Gasteiger partial charge in [0.2, 0.25) is 5.91 Å². The molecule has 4 nitrogen and oxygen atoms in total. The number of carboxylic acids is 1. The standard InChI is InChI=1S/C24H25Cl2NO3/c25-21-17(10-11-19(22(21)26)24(29)30)14-6-8-16(9-7-14)20(15-4-2-1-3-5-15)18-12-13-27-23(18)28/h6-11,15,18,20H,1-5,12-13H2,(H,27,28)(H,29,30). The molecule has 1 aliphatic heterocycles. The molecular formula is C24H25Cl2NO3. The zero-order chi connectivity index (χ0) is 21.3. The molecule has 1 amide bonds. The molecule has 158 valence electrons.